The predicted octanol–water partition coefficient (Wildman–Crippen LogP) is -0.172. The minimum absolute atomic E-state index is 0.331. The fourth-order valence-electron chi connectivity index (χ4n) is 1.83. The van der Waals surface area contributed by atoms with Crippen molar-refractivity contribution in [1.29, 1.82) is 0 Å². The molecule has 0 saturated carbocycles. The van der Waals surface area contributed by atoms with Crippen molar-refractivity contribution < 1.29 is 5.11 Å². The van der Waals surface area contributed by atoms with Crippen LogP contribution < -0.4 is 5.73 Å². The van der Waals surface area contributed by atoms with E-state index in [0.29, 0.717) is 13.0 Å². The van der Waals surface area contributed by atoms with Crippen LogP contribution in [0.15, 0.2) is 6.33 Å². The summed E-state index contributed by atoms with van der Waals surface area (Å²) >= 11 is 0. The third-order valence-corrected chi connectivity index (χ3v) is 2.85. The second kappa shape index (κ2) is 2.82. The summed E-state index contributed by atoms with van der Waals surface area (Å²) in [6.45, 7) is 3.12. The van der Waals surface area contributed by atoms with Gasteiger partial charge in [-0.15, -0.1) is 0 Å². The zero-order valence-corrected chi connectivity index (χ0v) is 7.82. The number of hydrogen-bond donors (Lipinski definition) is 2. The Labute approximate surface area is 77.4 Å². The largest absolute Gasteiger partial charge is 0.388 e. The lowest BCUT2D eigenvalue weighted by molar-refractivity contribution is 0.0240. The lowest BCUT2D eigenvalue weighted by Crippen LogP contribution is -2.44. The summed E-state index contributed by atoms with van der Waals surface area (Å²) < 4.78 is 2.10. The van der Waals surface area contributed by atoms with Crippen LogP contribution in [-0.4, -0.2) is 26.8 Å². The van der Waals surface area contributed by atoms with E-state index < -0.39 is 5.60 Å². The van der Waals surface area contributed by atoms with Gasteiger partial charge in [-0.1, -0.05) is 0 Å². The van der Waals surface area contributed by atoms with Crippen molar-refractivity contribution in [1.82, 2.24) is 9.55 Å². The molecular formula is C9H15N3O. The molecule has 3 N–H and O–H groups in total. The molecule has 0 fully saturated rings. The van der Waals surface area contributed by atoms with Crippen molar-refractivity contribution in [2.45, 2.75) is 31.9 Å². The standard InChI is InChI=1S/C9H15N3O/c1-7-8-4-9(13,5-10)2-3-12(8)6-11-7/h6,13H,2-5,10H2,1H3. The van der Waals surface area contributed by atoms with Gasteiger partial charge in [0.05, 0.1) is 17.6 Å². The Hall–Kier alpha value is -0.870. The molecule has 4 heteroatoms. The number of aryl methyl sites for hydroxylation is 2. The van der Waals surface area contributed by atoms with E-state index in [1.165, 1.54) is 0 Å². The van der Waals surface area contributed by atoms with E-state index in [2.05, 4.69) is 9.55 Å². The average Bonchev–Trinajstić information content (AvgIpc) is 2.48. The Bertz CT molecular complexity index is 321. The fourth-order valence-corrected chi connectivity index (χ4v) is 1.83. The smallest absolute Gasteiger partial charge is 0.0951 e. The normalized spacial score (nSPS) is 27.3. The summed E-state index contributed by atoms with van der Waals surface area (Å²) in [4.78, 5) is 4.21. The Balaban J connectivity index is 2.32. The summed E-state index contributed by atoms with van der Waals surface area (Å²) in [7, 11) is 0. The van der Waals surface area contributed by atoms with Crippen molar-refractivity contribution in [2.75, 3.05) is 6.54 Å². The molecule has 1 unspecified atom stereocenters. The van der Waals surface area contributed by atoms with Gasteiger partial charge in [0.25, 0.3) is 0 Å². The second-order valence-electron chi connectivity index (χ2n) is 3.83. The molecule has 1 aliphatic heterocycles. The molecule has 0 aliphatic carbocycles. The highest BCUT2D eigenvalue weighted by molar-refractivity contribution is 5.16. The van der Waals surface area contributed by atoms with Crippen molar-refractivity contribution in [3.63, 3.8) is 0 Å². The van der Waals surface area contributed by atoms with E-state index >= 15 is 0 Å². The van der Waals surface area contributed by atoms with Gasteiger partial charge in [-0.05, 0) is 13.3 Å². The number of aliphatic hydroxyl groups is 1. The number of fused-ring (bicyclic) bond motifs is 1. The Morgan fingerprint density at radius 1 is 1.77 bits per heavy atom. The lowest BCUT2D eigenvalue weighted by Gasteiger charge is -2.31. The average molecular weight is 181 g/mol. The van der Waals surface area contributed by atoms with Gasteiger partial charge >= 0.3 is 0 Å². The Kier molecular flexibility index (Phi) is 1.89. The van der Waals surface area contributed by atoms with Crippen molar-refractivity contribution in [3.8, 4) is 0 Å². The van der Waals surface area contributed by atoms with Crippen molar-refractivity contribution in [2.24, 2.45) is 5.73 Å². The number of nitrogens with zero attached hydrogens (tertiary/aromatic N) is 2. The van der Waals surface area contributed by atoms with Gasteiger partial charge in [-0.25, -0.2) is 4.98 Å². The first-order chi connectivity index (χ1) is 6.14. The highest BCUT2D eigenvalue weighted by atomic mass is 16.3. The summed E-state index contributed by atoms with van der Waals surface area (Å²) in [5, 5.41) is 10.0. The van der Waals surface area contributed by atoms with Crippen LogP contribution in [0, 0.1) is 6.92 Å². The van der Waals surface area contributed by atoms with Crippen molar-refractivity contribution >= 4 is 0 Å². The van der Waals surface area contributed by atoms with Crippen LogP contribution in [0.2, 0.25) is 0 Å². The van der Waals surface area contributed by atoms with Crippen molar-refractivity contribution in [3.05, 3.63) is 17.7 Å². The highest BCUT2D eigenvalue weighted by Gasteiger charge is 2.31. The molecule has 13 heavy (non-hydrogen) atoms. The summed E-state index contributed by atoms with van der Waals surface area (Å²) in [6, 6.07) is 0. The summed E-state index contributed by atoms with van der Waals surface area (Å²) in [5.41, 5.74) is 6.96. The Morgan fingerprint density at radius 2 is 2.54 bits per heavy atom. The number of nitrogens with two attached hydrogens (primary N) is 1. The van der Waals surface area contributed by atoms with Gasteiger partial charge in [0.15, 0.2) is 0 Å². The van der Waals surface area contributed by atoms with Crippen LogP contribution in [0.3, 0.4) is 0 Å². The molecule has 0 amide bonds. The molecule has 0 radical (unpaired) electrons. The first-order valence-electron chi connectivity index (χ1n) is 4.58. The zero-order valence-electron chi connectivity index (χ0n) is 7.82. The van der Waals surface area contributed by atoms with Gasteiger partial charge in [-0.2, -0.15) is 0 Å². The molecular weight excluding hydrogens is 166 g/mol. The van der Waals surface area contributed by atoms with Gasteiger partial charge in [-0.3, -0.25) is 0 Å². The van der Waals surface area contributed by atoms with E-state index in [0.717, 1.165) is 24.4 Å². The highest BCUT2D eigenvalue weighted by Crippen LogP contribution is 2.24. The van der Waals surface area contributed by atoms with Gasteiger partial charge in [0, 0.05) is 25.2 Å². The second-order valence-corrected chi connectivity index (χ2v) is 3.83. The molecule has 1 aliphatic rings. The van der Waals surface area contributed by atoms with E-state index in [1.54, 1.807) is 0 Å². The number of rotatable bonds is 1. The van der Waals surface area contributed by atoms with Crippen LogP contribution in [0.4, 0.5) is 0 Å². The molecule has 72 valence electrons. The maximum Gasteiger partial charge on any atom is 0.0951 e. The molecule has 0 spiro atoms. The molecule has 0 aromatic carbocycles. The molecule has 2 heterocycles. The maximum atomic E-state index is 10.0. The quantitative estimate of drug-likeness (QED) is 0.632. The monoisotopic (exact) mass is 181 g/mol. The van der Waals surface area contributed by atoms with Gasteiger partial charge in [0.1, 0.15) is 0 Å². The molecule has 1 aromatic rings. The van der Waals surface area contributed by atoms with E-state index in [-0.39, 0.29) is 0 Å². The third-order valence-electron chi connectivity index (χ3n) is 2.85. The lowest BCUT2D eigenvalue weighted by atomic mass is 9.90. The van der Waals surface area contributed by atoms with Crippen LogP contribution in [-0.2, 0) is 13.0 Å². The number of imidazole rings is 1. The van der Waals surface area contributed by atoms with Crippen LogP contribution in [0.5, 0.6) is 0 Å². The molecule has 1 atom stereocenters. The molecule has 0 bridgehead atoms. The van der Waals surface area contributed by atoms with Crippen LogP contribution >= 0.6 is 0 Å². The van der Waals surface area contributed by atoms with E-state index in [1.807, 2.05) is 13.3 Å². The predicted molar refractivity (Wildman–Crippen MR) is 49.3 cm³/mol. The molecule has 2 rings (SSSR count). The number of aromatic nitrogens is 2. The topological polar surface area (TPSA) is 64.1 Å². The van der Waals surface area contributed by atoms with Gasteiger partial charge < -0.3 is 15.4 Å². The molecule has 4 nitrogen and oxygen atoms in total. The molecule has 1 aromatic heterocycles. The third kappa shape index (κ3) is 1.36. The minimum atomic E-state index is -0.708. The SMILES string of the molecule is Cc1ncn2c1CC(O)(CN)CC2. The molecule has 0 saturated heterocycles. The first kappa shape index (κ1) is 8.72. The van der Waals surface area contributed by atoms with E-state index in [4.69, 9.17) is 5.73 Å². The summed E-state index contributed by atoms with van der Waals surface area (Å²) in [5.74, 6) is 0. The minimum Gasteiger partial charge on any atom is -0.388 e. The van der Waals surface area contributed by atoms with E-state index in [9.17, 15) is 5.11 Å². The van der Waals surface area contributed by atoms with Gasteiger partial charge in [0.2, 0.25) is 0 Å². The maximum absolute atomic E-state index is 10.0. The van der Waals surface area contributed by atoms with Crippen LogP contribution in [0.1, 0.15) is 17.8 Å². The first-order valence-corrected chi connectivity index (χ1v) is 4.58. The Morgan fingerprint density at radius 3 is 3.23 bits per heavy atom. The zero-order chi connectivity index (χ0) is 9.47. The van der Waals surface area contributed by atoms with Crippen LogP contribution in [0.25, 0.3) is 0 Å². The number of hydrogen-bond acceptors (Lipinski definition) is 3. The fraction of sp³-hybridized carbons (Fsp3) is 0.667. The summed E-state index contributed by atoms with van der Waals surface area (Å²) in [6.07, 6.45) is 3.20.